The Bertz CT molecular complexity index is 632. The molecule has 0 unspecified atom stereocenters. The first kappa shape index (κ1) is 14.6. The van der Waals surface area contributed by atoms with Crippen LogP contribution in [0.25, 0.3) is 0 Å². The number of aromatic nitrogens is 1. The van der Waals surface area contributed by atoms with Crippen molar-refractivity contribution in [1.82, 2.24) is 4.98 Å². The van der Waals surface area contributed by atoms with Crippen LogP contribution in [-0.4, -0.2) is 17.4 Å². The molecule has 0 aliphatic carbocycles. The topological polar surface area (TPSA) is 54.0 Å². The van der Waals surface area contributed by atoms with Gasteiger partial charge in [0.05, 0.1) is 10.6 Å². The third-order valence-corrected chi connectivity index (χ3v) is 3.08. The molecule has 1 heterocycles. The standard InChI is InChI=1S/C14H13Cl2N3O/c1-2-17-13-7-11(12(16)8-18-13)14(20)19-10-5-3-4-9(15)6-10/h3-8H,2H2,1H3,(H,17,18)(H,19,20). The van der Waals surface area contributed by atoms with E-state index in [1.54, 1.807) is 30.3 Å². The maximum Gasteiger partial charge on any atom is 0.257 e. The minimum absolute atomic E-state index is 0.297. The van der Waals surface area contributed by atoms with E-state index in [1.807, 2.05) is 6.92 Å². The second-order valence-corrected chi connectivity index (χ2v) is 4.89. The summed E-state index contributed by atoms with van der Waals surface area (Å²) in [5.41, 5.74) is 0.970. The molecular weight excluding hydrogens is 297 g/mol. The lowest BCUT2D eigenvalue weighted by atomic mass is 10.2. The van der Waals surface area contributed by atoms with E-state index < -0.39 is 0 Å². The Labute approximate surface area is 127 Å². The van der Waals surface area contributed by atoms with E-state index in [-0.39, 0.29) is 5.91 Å². The summed E-state index contributed by atoms with van der Waals surface area (Å²) in [6, 6.07) is 8.53. The molecule has 104 valence electrons. The number of nitrogens with zero attached hydrogens (tertiary/aromatic N) is 1. The summed E-state index contributed by atoms with van der Waals surface area (Å²) in [6.45, 7) is 2.66. The molecule has 0 atom stereocenters. The van der Waals surface area contributed by atoms with Crippen molar-refractivity contribution in [3.05, 3.63) is 52.1 Å². The van der Waals surface area contributed by atoms with Crippen molar-refractivity contribution in [2.45, 2.75) is 6.92 Å². The van der Waals surface area contributed by atoms with E-state index in [4.69, 9.17) is 23.2 Å². The zero-order valence-corrected chi connectivity index (χ0v) is 12.3. The third kappa shape index (κ3) is 3.62. The molecule has 0 spiro atoms. The van der Waals surface area contributed by atoms with Crippen LogP contribution in [0.5, 0.6) is 0 Å². The summed E-state index contributed by atoms with van der Waals surface area (Å²) in [5.74, 6) is 0.298. The largest absolute Gasteiger partial charge is 0.370 e. The van der Waals surface area contributed by atoms with Crippen LogP contribution in [0, 0.1) is 0 Å². The van der Waals surface area contributed by atoms with Crippen LogP contribution in [0.4, 0.5) is 11.5 Å². The predicted molar refractivity (Wildman–Crippen MR) is 82.8 cm³/mol. The molecule has 20 heavy (non-hydrogen) atoms. The minimum atomic E-state index is -0.307. The first-order valence-electron chi connectivity index (χ1n) is 6.06. The highest BCUT2D eigenvalue weighted by Crippen LogP contribution is 2.21. The Balaban J connectivity index is 2.22. The number of hydrogen-bond donors (Lipinski definition) is 2. The van der Waals surface area contributed by atoms with Crippen LogP contribution in [0.15, 0.2) is 36.5 Å². The molecular formula is C14H13Cl2N3O. The van der Waals surface area contributed by atoms with Crippen molar-refractivity contribution < 1.29 is 4.79 Å². The Morgan fingerprint density at radius 3 is 2.80 bits per heavy atom. The molecule has 1 aromatic carbocycles. The molecule has 0 saturated carbocycles. The zero-order valence-electron chi connectivity index (χ0n) is 10.8. The first-order valence-corrected chi connectivity index (χ1v) is 6.82. The van der Waals surface area contributed by atoms with Crippen LogP contribution in [0.1, 0.15) is 17.3 Å². The van der Waals surface area contributed by atoms with Gasteiger partial charge in [0.15, 0.2) is 0 Å². The van der Waals surface area contributed by atoms with Gasteiger partial charge in [0.25, 0.3) is 5.91 Å². The lowest BCUT2D eigenvalue weighted by Gasteiger charge is -2.09. The van der Waals surface area contributed by atoms with Gasteiger partial charge in [0.1, 0.15) is 5.82 Å². The summed E-state index contributed by atoms with van der Waals surface area (Å²) in [7, 11) is 0. The number of anilines is 2. The van der Waals surface area contributed by atoms with Crippen molar-refractivity contribution in [3.63, 3.8) is 0 Å². The summed E-state index contributed by atoms with van der Waals surface area (Å²) in [6.07, 6.45) is 1.45. The summed E-state index contributed by atoms with van der Waals surface area (Å²) in [5, 5.41) is 6.63. The number of carbonyl (C=O) groups is 1. The predicted octanol–water partition coefficient (Wildman–Crippen LogP) is 4.07. The molecule has 6 heteroatoms. The number of carbonyl (C=O) groups excluding carboxylic acids is 1. The fourth-order valence-electron chi connectivity index (χ4n) is 1.66. The SMILES string of the molecule is CCNc1cc(C(=O)Nc2cccc(Cl)c2)c(Cl)cn1. The Morgan fingerprint density at radius 1 is 1.30 bits per heavy atom. The third-order valence-electron chi connectivity index (χ3n) is 2.54. The van der Waals surface area contributed by atoms with Gasteiger partial charge in [-0.25, -0.2) is 4.98 Å². The van der Waals surface area contributed by atoms with Crippen LogP contribution in [0.2, 0.25) is 10.0 Å². The number of pyridine rings is 1. The molecule has 4 nitrogen and oxygen atoms in total. The summed E-state index contributed by atoms with van der Waals surface area (Å²) in [4.78, 5) is 16.3. The molecule has 0 radical (unpaired) electrons. The van der Waals surface area contributed by atoms with Gasteiger partial charge in [-0.1, -0.05) is 29.3 Å². The molecule has 2 rings (SSSR count). The van der Waals surface area contributed by atoms with Gasteiger partial charge >= 0.3 is 0 Å². The van der Waals surface area contributed by atoms with Crippen molar-refractivity contribution in [1.29, 1.82) is 0 Å². The highest BCUT2D eigenvalue weighted by atomic mass is 35.5. The number of nitrogens with one attached hydrogen (secondary N) is 2. The molecule has 0 bridgehead atoms. The molecule has 0 saturated heterocycles. The van der Waals surface area contributed by atoms with Gasteiger partial charge < -0.3 is 10.6 Å². The van der Waals surface area contributed by atoms with Gasteiger partial charge in [0.2, 0.25) is 0 Å². The quantitative estimate of drug-likeness (QED) is 0.895. The van der Waals surface area contributed by atoms with Crippen molar-refractivity contribution >= 4 is 40.6 Å². The molecule has 2 aromatic rings. The second-order valence-electron chi connectivity index (χ2n) is 4.04. The number of hydrogen-bond acceptors (Lipinski definition) is 3. The molecule has 0 fully saturated rings. The number of halogens is 2. The van der Waals surface area contributed by atoms with Gasteiger partial charge in [0, 0.05) is 23.5 Å². The second kappa shape index (κ2) is 6.59. The maximum absolute atomic E-state index is 12.2. The van der Waals surface area contributed by atoms with Crippen molar-refractivity contribution in [2.24, 2.45) is 0 Å². The lowest BCUT2D eigenvalue weighted by Crippen LogP contribution is -2.13. The smallest absolute Gasteiger partial charge is 0.257 e. The monoisotopic (exact) mass is 309 g/mol. The first-order chi connectivity index (χ1) is 9.60. The van der Waals surface area contributed by atoms with Gasteiger partial charge in [-0.05, 0) is 31.2 Å². The summed E-state index contributed by atoms with van der Waals surface area (Å²) < 4.78 is 0. The van der Waals surface area contributed by atoms with Crippen LogP contribution in [0.3, 0.4) is 0 Å². The normalized spacial score (nSPS) is 10.2. The highest BCUT2D eigenvalue weighted by Gasteiger charge is 2.12. The van der Waals surface area contributed by atoms with E-state index in [1.165, 1.54) is 6.20 Å². The molecule has 1 aromatic heterocycles. The Hall–Kier alpha value is -1.78. The van der Waals surface area contributed by atoms with E-state index in [2.05, 4.69) is 15.6 Å². The average Bonchev–Trinajstić information content (AvgIpc) is 2.41. The fraction of sp³-hybridized carbons (Fsp3) is 0.143. The Morgan fingerprint density at radius 2 is 2.10 bits per heavy atom. The van der Waals surface area contributed by atoms with E-state index >= 15 is 0 Å². The van der Waals surface area contributed by atoms with Crippen LogP contribution < -0.4 is 10.6 Å². The van der Waals surface area contributed by atoms with Crippen molar-refractivity contribution in [2.75, 3.05) is 17.2 Å². The van der Waals surface area contributed by atoms with Gasteiger partial charge in [-0.15, -0.1) is 0 Å². The van der Waals surface area contributed by atoms with Crippen LogP contribution in [-0.2, 0) is 0 Å². The lowest BCUT2D eigenvalue weighted by molar-refractivity contribution is 0.102. The molecule has 0 aliphatic heterocycles. The minimum Gasteiger partial charge on any atom is -0.370 e. The number of benzene rings is 1. The van der Waals surface area contributed by atoms with Crippen molar-refractivity contribution in [3.8, 4) is 0 Å². The summed E-state index contributed by atoms with van der Waals surface area (Å²) >= 11 is 11.9. The number of rotatable bonds is 4. The van der Waals surface area contributed by atoms with E-state index in [0.29, 0.717) is 33.7 Å². The molecule has 0 aliphatic rings. The van der Waals surface area contributed by atoms with E-state index in [0.717, 1.165) is 0 Å². The van der Waals surface area contributed by atoms with E-state index in [9.17, 15) is 4.79 Å². The molecule has 2 N–H and O–H groups in total. The average molecular weight is 310 g/mol. The van der Waals surface area contributed by atoms with Gasteiger partial charge in [-0.3, -0.25) is 4.79 Å². The zero-order chi connectivity index (χ0) is 14.5. The molecule has 1 amide bonds. The highest BCUT2D eigenvalue weighted by molar-refractivity contribution is 6.34. The maximum atomic E-state index is 12.2. The van der Waals surface area contributed by atoms with Crippen LogP contribution >= 0.6 is 23.2 Å². The Kier molecular flexibility index (Phi) is 4.82. The van der Waals surface area contributed by atoms with Gasteiger partial charge in [-0.2, -0.15) is 0 Å². The fourth-order valence-corrected chi connectivity index (χ4v) is 2.03. The number of amides is 1.